The first-order valence-electron chi connectivity index (χ1n) is 5.56. The number of sulfonamides is 1. The maximum Gasteiger partial charge on any atom is 0.214 e. The zero-order valence-electron chi connectivity index (χ0n) is 9.45. The zero-order valence-corrected chi connectivity index (χ0v) is 11.0. The van der Waals surface area contributed by atoms with Crippen LogP contribution in [-0.4, -0.2) is 36.4 Å². The predicted molar refractivity (Wildman–Crippen MR) is 63.7 cm³/mol. The molecule has 1 aliphatic heterocycles. The van der Waals surface area contributed by atoms with Gasteiger partial charge in [-0.05, 0) is 33.1 Å². The van der Waals surface area contributed by atoms with Crippen molar-refractivity contribution in [1.29, 1.82) is 0 Å². The summed E-state index contributed by atoms with van der Waals surface area (Å²) in [5, 5.41) is 0. The second kappa shape index (κ2) is 5.51. The van der Waals surface area contributed by atoms with E-state index in [4.69, 9.17) is 11.6 Å². The topological polar surface area (TPSA) is 37.4 Å². The van der Waals surface area contributed by atoms with Crippen LogP contribution in [0.3, 0.4) is 0 Å². The van der Waals surface area contributed by atoms with E-state index in [0.717, 1.165) is 19.3 Å². The van der Waals surface area contributed by atoms with Crippen molar-refractivity contribution in [3.05, 3.63) is 0 Å². The number of halogens is 1. The monoisotopic (exact) mass is 253 g/mol. The van der Waals surface area contributed by atoms with Crippen LogP contribution in [-0.2, 0) is 10.0 Å². The van der Waals surface area contributed by atoms with Crippen molar-refractivity contribution in [1.82, 2.24) is 4.31 Å². The number of piperidine rings is 1. The highest BCUT2D eigenvalue weighted by Gasteiger charge is 2.33. The van der Waals surface area contributed by atoms with Crippen LogP contribution >= 0.6 is 11.6 Å². The summed E-state index contributed by atoms with van der Waals surface area (Å²) >= 11 is 5.54. The second-order valence-corrected chi connectivity index (χ2v) is 6.69. The highest BCUT2D eigenvalue weighted by Crippen LogP contribution is 2.26. The Bertz CT molecular complexity index is 282. The number of nitrogens with zero attached hydrogens (tertiary/aromatic N) is 1. The third kappa shape index (κ3) is 3.33. The summed E-state index contributed by atoms with van der Waals surface area (Å²) in [5.74, 6) is 0.598. The van der Waals surface area contributed by atoms with E-state index in [1.54, 1.807) is 4.31 Å². The molecular formula is C10H20ClNO2S. The minimum Gasteiger partial charge on any atom is -0.212 e. The molecule has 0 spiro atoms. The van der Waals surface area contributed by atoms with Gasteiger partial charge in [0.05, 0.1) is 5.75 Å². The lowest BCUT2D eigenvalue weighted by atomic mass is 10.0. The fraction of sp³-hybridized carbons (Fsp3) is 1.00. The Labute approximate surface area is 97.8 Å². The largest absolute Gasteiger partial charge is 0.214 e. The lowest BCUT2D eigenvalue weighted by Crippen LogP contribution is -2.48. The minimum absolute atomic E-state index is 0.147. The second-order valence-electron chi connectivity index (χ2n) is 4.32. The summed E-state index contributed by atoms with van der Waals surface area (Å²) in [6.07, 6.45) is 3.62. The molecule has 0 radical (unpaired) electrons. The number of rotatable bonds is 4. The van der Waals surface area contributed by atoms with Crippen molar-refractivity contribution in [2.75, 3.05) is 11.6 Å². The van der Waals surface area contributed by atoms with Gasteiger partial charge in [-0.3, -0.25) is 0 Å². The fourth-order valence-corrected chi connectivity index (χ4v) is 4.61. The number of alkyl halides is 1. The quantitative estimate of drug-likeness (QED) is 0.721. The van der Waals surface area contributed by atoms with Gasteiger partial charge in [0.2, 0.25) is 10.0 Å². The highest BCUT2D eigenvalue weighted by atomic mass is 35.5. The molecule has 0 aromatic carbocycles. The molecule has 1 fully saturated rings. The molecule has 5 heteroatoms. The van der Waals surface area contributed by atoms with Gasteiger partial charge in [-0.25, -0.2) is 8.42 Å². The first-order chi connectivity index (χ1) is 6.99. The van der Waals surface area contributed by atoms with Crippen LogP contribution in [0.15, 0.2) is 0 Å². The van der Waals surface area contributed by atoms with Gasteiger partial charge in [-0.1, -0.05) is 6.42 Å². The summed E-state index contributed by atoms with van der Waals surface area (Å²) in [7, 11) is -3.09. The van der Waals surface area contributed by atoms with Crippen LogP contribution in [0.25, 0.3) is 0 Å². The molecule has 90 valence electrons. The average molecular weight is 254 g/mol. The van der Waals surface area contributed by atoms with E-state index in [-0.39, 0.29) is 17.8 Å². The van der Waals surface area contributed by atoms with E-state index in [1.165, 1.54) is 0 Å². The molecule has 1 rings (SSSR count). The molecule has 0 aromatic rings. The fourth-order valence-electron chi connectivity index (χ4n) is 2.29. The molecule has 0 saturated carbocycles. The standard InChI is InChI=1S/C10H20ClNO2S/c1-9-5-3-6-10(2)12(9)15(13,14)8-4-7-11/h9-10H,3-8H2,1-2H3. The first kappa shape index (κ1) is 13.3. The van der Waals surface area contributed by atoms with Crippen molar-refractivity contribution in [2.24, 2.45) is 0 Å². The van der Waals surface area contributed by atoms with Crippen LogP contribution in [0.2, 0.25) is 0 Å². The van der Waals surface area contributed by atoms with Crippen molar-refractivity contribution in [2.45, 2.75) is 51.6 Å². The molecule has 0 N–H and O–H groups in total. The van der Waals surface area contributed by atoms with Crippen LogP contribution in [0.4, 0.5) is 0 Å². The van der Waals surface area contributed by atoms with Gasteiger partial charge in [0, 0.05) is 18.0 Å². The van der Waals surface area contributed by atoms with E-state index in [1.807, 2.05) is 13.8 Å². The van der Waals surface area contributed by atoms with E-state index in [0.29, 0.717) is 12.3 Å². The smallest absolute Gasteiger partial charge is 0.212 e. The Morgan fingerprint density at radius 1 is 1.27 bits per heavy atom. The third-order valence-corrected chi connectivity index (χ3v) is 5.40. The average Bonchev–Trinajstić information content (AvgIpc) is 2.14. The Balaban J connectivity index is 2.74. The number of hydrogen-bond acceptors (Lipinski definition) is 2. The maximum absolute atomic E-state index is 12.0. The molecule has 3 nitrogen and oxygen atoms in total. The van der Waals surface area contributed by atoms with Gasteiger partial charge in [0.1, 0.15) is 0 Å². The van der Waals surface area contributed by atoms with Gasteiger partial charge in [0.25, 0.3) is 0 Å². The summed E-state index contributed by atoms with van der Waals surface area (Å²) in [6, 6.07) is 0.295. The Kier molecular flexibility index (Phi) is 4.87. The van der Waals surface area contributed by atoms with Crippen molar-refractivity contribution in [3.8, 4) is 0 Å². The molecule has 0 aliphatic carbocycles. The minimum atomic E-state index is -3.09. The van der Waals surface area contributed by atoms with Crippen molar-refractivity contribution < 1.29 is 8.42 Å². The predicted octanol–water partition coefficient (Wildman–Crippen LogP) is 2.21. The Morgan fingerprint density at radius 2 is 1.80 bits per heavy atom. The number of hydrogen-bond donors (Lipinski definition) is 0. The van der Waals surface area contributed by atoms with Gasteiger partial charge in [-0.15, -0.1) is 11.6 Å². The summed E-state index contributed by atoms with van der Waals surface area (Å²) in [5.41, 5.74) is 0. The van der Waals surface area contributed by atoms with Crippen LogP contribution in [0, 0.1) is 0 Å². The van der Waals surface area contributed by atoms with Crippen LogP contribution in [0.1, 0.15) is 39.5 Å². The molecule has 1 heterocycles. The molecule has 2 atom stereocenters. The van der Waals surface area contributed by atoms with Gasteiger partial charge in [0.15, 0.2) is 0 Å². The lowest BCUT2D eigenvalue weighted by Gasteiger charge is -2.37. The maximum atomic E-state index is 12.0. The zero-order chi connectivity index (χ0) is 11.5. The normalized spacial score (nSPS) is 29.3. The molecule has 1 aliphatic rings. The van der Waals surface area contributed by atoms with Crippen LogP contribution in [0.5, 0.6) is 0 Å². The van der Waals surface area contributed by atoms with Gasteiger partial charge < -0.3 is 0 Å². The van der Waals surface area contributed by atoms with Gasteiger partial charge in [-0.2, -0.15) is 4.31 Å². The van der Waals surface area contributed by atoms with Crippen molar-refractivity contribution >= 4 is 21.6 Å². The summed E-state index contributed by atoms with van der Waals surface area (Å²) in [6.45, 7) is 3.99. The molecule has 1 saturated heterocycles. The molecular weight excluding hydrogens is 234 g/mol. The first-order valence-corrected chi connectivity index (χ1v) is 7.70. The Hall–Kier alpha value is 0.200. The van der Waals surface area contributed by atoms with E-state index < -0.39 is 10.0 Å². The Morgan fingerprint density at radius 3 is 2.27 bits per heavy atom. The molecule has 0 amide bonds. The molecule has 2 unspecified atom stereocenters. The molecule has 0 aromatic heterocycles. The van der Waals surface area contributed by atoms with Crippen molar-refractivity contribution in [3.63, 3.8) is 0 Å². The van der Waals surface area contributed by atoms with Crippen LogP contribution < -0.4 is 0 Å². The van der Waals surface area contributed by atoms with E-state index in [2.05, 4.69) is 0 Å². The highest BCUT2D eigenvalue weighted by molar-refractivity contribution is 7.89. The summed E-state index contributed by atoms with van der Waals surface area (Å²) < 4.78 is 25.7. The molecule has 15 heavy (non-hydrogen) atoms. The van der Waals surface area contributed by atoms with E-state index in [9.17, 15) is 8.42 Å². The molecule has 0 bridgehead atoms. The van der Waals surface area contributed by atoms with E-state index >= 15 is 0 Å². The van der Waals surface area contributed by atoms with Gasteiger partial charge >= 0.3 is 0 Å². The third-order valence-electron chi connectivity index (χ3n) is 2.97. The lowest BCUT2D eigenvalue weighted by molar-refractivity contribution is 0.204. The summed E-state index contributed by atoms with van der Waals surface area (Å²) in [4.78, 5) is 0. The SMILES string of the molecule is CC1CCCC(C)N1S(=O)(=O)CCCCl.